The Morgan fingerprint density at radius 2 is 1.87 bits per heavy atom. The van der Waals surface area contributed by atoms with Crippen molar-refractivity contribution in [1.29, 1.82) is 0 Å². The molecule has 2 amide bonds. The molecule has 23 heavy (non-hydrogen) atoms. The van der Waals surface area contributed by atoms with Gasteiger partial charge in [0.1, 0.15) is 6.04 Å². The molecule has 1 aromatic carbocycles. The lowest BCUT2D eigenvalue weighted by atomic mass is 10.0. The van der Waals surface area contributed by atoms with Gasteiger partial charge in [-0.2, -0.15) is 0 Å². The minimum atomic E-state index is -0.727. The van der Waals surface area contributed by atoms with Gasteiger partial charge in [0.05, 0.1) is 5.71 Å². The van der Waals surface area contributed by atoms with Crippen molar-refractivity contribution in [3.63, 3.8) is 0 Å². The topological polar surface area (TPSA) is 79.8 Å². The lowest BCUT2D eigenvalue weighted by Crippen LogP contribution is -2.49. The summed E-state index contributed by atoms with van der Waals surface area (Å²) in [6, 6.07) is 6.54. The Morgan fingerprint density at radius 3 is 2.48 bits per heavy atom. The molecule has 1 aromatic rings. The quantitative estimate of drug-likeness (QED) is 0.860. The van der Waals surface area contributed by atoms with Crippen molar-refractivity contribution in [3.05, 3.63) is 34.9 Å². The number of nitrogens with zero attached hydrogens (tertiary/aromatic N) is 1. The molecule has 0 aliphatic carbocycles. The highest BCUT2D eigenvalue weighted by Gasteiger charge is 2.30. The first kappa shape index (κ1) is 17.3. The first-order valence-corrected chi connectivity index (χ1v) is 7.84. The lowest BCUT2D eigenvalue weighted by Gasteiger charge is -2.17. The molecule has 2 N–H and O–H groups in total. The van der Waals surface area contributed by atoms with Gasteiger partial charge in [-0.05, 0) is 38.5 Å². The number of carbonyl (C=O) groups is 2. The van der Waals surface area contributed by atoms with Crippen molar-refractivity contribution < 1.29 is 14.4 Å². The van der Waals surface area contributed by atoms with E-state index in [9.17, 15) is 9.59 Å². The highest BCUT2D eigenvalue weighted by molar-refractivity contribution is 6.30. The molecule has 1 aliphatic rings. The molecule has 0 spiro atoms. The first-order chi connectivity index (χ1) is 10.9. The Morgan fingerprint density at radius 1 is 1.22 bits per heavy atom. The standard InChI is InChI=1S/C16H20ClN3O3/c1-9(2)18-15(21)10(3)19-16(22)14-8-13(20-23-14)11-4-6-12(17)7-5-11/h4-7,9-10,14H,8H2,1-3H3,(H,18,21)(H,19,22)/t10-,14-/m0/s1. The number of carbonyl (C=O) groups excluding carboxylic acids is 2. The van der Waals surface area contributed by atoms with Crippen molar-refractivity contribution in [2.75, 3.05) is 0 Å². The Balaban J connectivity index is 1.88. The maximum atomic E-state index is 12.2. The number of benzene rings is 1. The maximum Gasteiger partial charge on any atom is 0.264 e. The molecule has 0 fully saturated rings. The Hall–Kier alpha value is -2.08. The van der Waals surface area contributed by atoms with Crippen LogP contribution in [0.3, 0.4) is 0 Å². The largest absolute Gasteiger partial charge is 0.382 e. The van der Waals surface area contributed by atoms with Crippen LogP contribution in [0.5, 0.6) is 0 Å². The molecule has 0 saturated carbocycles. The Labute approximate surface area is 140 Å². The minimum Gasteiger partial charge on any atom is -0.382 e. The van der Waals surface area contributed by atoms with Gasteiger partial charge in [0.2, 0.25) is 12.0 Å². The molecule has 2 atom stereocenters. The fraction of sp³-hybridized carbons (Fsp3) is 0.438. The summed E-state index contributed by atoms with van der Waals surface area (Å²) in [6.07, 6.45) is -0.374. The maximum absolute atomic E-state index is 12.2. The van der Waals surface area contributed by atoms with Gasteiger partial charge in [0.25, 0.3) is 5.91 Å². The van der Waals surface area contributed by atoms with Gasteiger partial charge in [-0.25, -0.2) is 0 Å². The van der Waals surface area contributed by atoms with Crippen molar-refractivity contribution in [2.45, 2.75) is 45.4 Å². The summed E-state index contributed by atoms with van der Waals surface area (Å²) in [5.74, 6) is -0.589. The molecule has 0 unspecified atom stereocenters. The zero-order chi connectivity index (χ0) is 17.0. The van der Waals surface area contributed by atoms with Gasteiger partial charge >= 0.3 is 0 Å². The predicted octanol–water partition coefficient (Wildman–Crippen LogP) is 1.86. The van der Waals surface area contributed by atoms with Crippen LogP contribution in [-0.2, 0) is 14.4 Å². The van der Waals surface area contributed by atoms with Crippen LogP contribution in [0.1, 0.15) is 32.8 Å². The van der Waals surface area contributed by atoms with E-state index < -0.39 is 12.1 Å². The molecule has 6 nitrogen and oxygen atoms in total. The molecule has 1 heterocycles. The SMILES string of the molecule is CC(C)NC(=O)[C@H](C)NC(=O)[C@@H]1CC(c2ccc(Cl)cc2)=NO1. The molecule has 1 aliphatic heterocycles. The third kappa shape index (κ3) is 4.69. The van der Waals surface area contributed by atoms with Crippen molar-refractivity contribution in [2.24, 2.45) is 5.16 Å². The van der Waals surface area contributed by atoms with Crippen LogP contribution in [0.25, 0.3) is 0 Å². The average Bonchev–Trinajstić information content (AvgIpc) is 2.97. The smallest absolute Gasteiger partial charge is 0.264 e. The minimum absolute atomic E-state index is 0.0180. The van der Waals surface area contributed by atoms with Crippen LogP contribution >= 0.6 is 11.6 Å². The van der Waals surface area contributed by atoms with E-state index in [1.165, 1.54) is 0 Å². The first-order valence-electron chi connectivity index (χ1n) is 7.46. The number of halogens is 1. The number of hydrogen-bond donors (Lipinski definition) is 2. The number of nitrogens with one attached hydrogen (secondary N) is 2. The number of oxime groups is 1. The Kier molecular flexibility index (Phi) is 5.60. The van der Waals surface area contributed by atoms with E-state index >= 15 is 0 Å². The zero-order valence-corrected chi connectivity index (χ0v) is 14.1. The fourth-order valence-electron chi connectivity index (χ4n) is 2.11. The molecule has 124 valence electrons. The predicted molar refractivity (Wildman–Crippen MR) is 88.4 cm³/mol. The summed E-state index contributed by atoms with van der Waals surface area (Å²) >= 11 is 5.85. The summed E-state index contributed by atoms with van der Waals surface area (Å²) in [4.78, 5) is 29.2. The normalized spacial score (nSPS) is 18.1. The highest BCUT2D eigenvalue weighted by Crippen LogP contribution is 2.18. The van der Waals surface area contributed by atoms with E-state index in [1.54, 1.807) is 19.1 Å². The molecule has 0 bridgehead atoms. The summed E-state index contributed by atoms with van der Waals surface area (Å²) in [5.41, 5.74) is 1.54. The van der Waals surface area contributed by atoms with Crippen LogP contribution in [0, 0.1) is 0 Å². The molecule has 0 radical (unpaired) electrons. The van der Waals surface area contributed by atoms with E-state index in [0.29, 0.717) is 17.2 Å². The second-order valence-electron chi connectivity index (χ2n) is 5.74. The summed E-state index contributed by atoms with van der Waals surface area (Å²) in [7, 11) is 0. The third-order valence-electron chi connectivity index (χ3n) is 3.32. The van der Waals surface area contributed by atoms with E-state index in [1.807, 2.05) is 26.0 Å². The van der Waals surface area contributed by atoms with Crippen molar-refractivity contribution >= 4 is 29.1 Å². The molecule has 7 heteroatoms. The van der Waals surface area contributed by atoms with Gasteiger partial charge in [0.15, 0.2) is 0 Å². The third-order valence-corrected chi connectivity index (χ3v) is 3.57. The van der Waals surface area contributed by atoms with Crippen LogP contribution < -0.4 is 10.6 Å². The second kappa shape index (κ2) is 7.46. The fourth-order valence-corrected chi connectivity index (χ4v) is 2.24. The van der Waals surface area contributed by atoms with E-state index in [-0.39, 0.29) is 17.9 Å². The molecule has 0 aromatic heterocycles. The number of rotatable bonds is 5. The van der Waals surface area contributed by atoms with E-state index in [4.69, 9.17) is 16.4 Å². The second-order valence-corrected chi connectivity index (χ2v) is 6.17. The highest BCUT2D eigenvalue weighted by atomic mass is 35.5. The van der Waals surface area contributed by atoms with Gasteiger partial charge in [-0.1, -0.05) is 28.9 Å². The summed E-state index contributed by atoms with van der Waals surface area (Å²) in [6.45, 7) is 5.35. The van der Waals surface area contributed by atoms with Gasteiger partial charge in [0, 0.05) is 17.5 Å². The average molecular weight is 338 g/mol. The number of amides is 2. The van der Waals surface area contributed by atoms with Gasteiger partial charge in [-0.3, -0.25) is 9.59 Å². The molecule has 2 rings (SSSR count). The van der Waals surface area contributed by atoms with Gasteiger partial charge in [-0.15, -0.1) is 0 Å². The number of hydrogen-bond acceptors (Lipinski definition) is 4. The monoisotopic (exact) mass is 337 g/mol. The van der Waals surface area contributed by atoms with Crippen LogP contribution in [0.2, 0.25) is 5.02 Å². The zero-order valence-electron chi connectivity index (χ0n) is 13.3. The van der Waals surface area contributed by atoms with E-state index in [2.05, 4.69) is 15.8 Å². The van der Waals surface area contributed by atoms with Crippen LogP contribution in [0.15, 0.2) is 29.4 Å². The molecular formula is C16H20ClN3O3. The Bertz CT molecular complexity index is 614. The summed E-state index contributed by atoms with van der Waals surface area (Å²) < 4.78 is 0. The van der Waals surface area contributed by atoms with Crippen LogP contribution in [0.4, 0.5) is 0 Å². The van der Waals surface area contributed by atoms with Crippen LogP contribution in [-0.4, -0.2) is 35.7 Å². The van der Waals surface area contributed by atoms with Crippen molar-refractivity contribution in [3.8, 4) is 0 Å². The van der Waals surface area contributed by atoms with Crippen molar-refractivity contribution in [1.82, 2.24) is 10.6 Å². The lowest BCUT2D eigenvalue weighted by molar-refractivity contribution is -0.135. The van der Waals surface area contributed by atoms with E-state index in [0.717, 1.165) is 5.56 Å². The molecular weight excluding hydrogens is 318 g/mol. The molecule has 0 saturated heterocycles. The van der Waals surface area contributed by atoms with Gasteiger partial charge < -0.3 is 15.5 Å². The summed E-state index contributed by atoms with van der Waals surface area (Å²) in [5, 5.41) is 9.96.